The first-order valence-corrected chi connectivity index (χ1v) is 11.4. The van der Waals surface area contributed by atoms with Crippen LogP contribution < -0.4 is 21.3 Å². The van der Waals surface area contributed by atoms with Crippen molar-refractivity contribution >= 4 is 29.6 Å². The molecule has 35 heavy (non-hydrogen) atoms. The van der Waals surface area contributed by atoms with E-state index < -0.39 is 57.7 Å². The molecule has 1 atom stereocenters. The van der Waals surface area contributed by atoms with Gasteiger partial charge in [0.15, 0.2) is 0 Å². The molecule has 0 unspecified atom stereocenters. The average molecular weight is 489 g/mol. The molecule has 1 aliphatic heterocycles. The van der Waals surface area contributed by atoms with E-state index in [1.54, 1.807) is 30.3 Å². The van der Waals surface area contributed by atoms with Gasteiger partial charge in [-0.1, -0.05) is 30.3 Å². The molecule has 0 bridgehead atoms. The highest BCUT2D eigenvalue weighted by atomic mass is 16.5. The first kappa shape index (κ1) is 27.8. The van der Waals surface area contributed by atoms with Crippen LogP contribution in [0.1, 0.15) is 66.9 Å². The number of carbonyl (C=O) groups excluding carboxylic acids is 5. The normalized spacial score (nSPS) is 24.8. The number of hydrogen-bond donors (Lipinski definition) is 4. The van der Waals surface area contributed by atoms with Gasteiger partial charge in [0.05, 0.1) is 5.92 Å². The number of rotatable bonds is 1. The summed E-state index contributed by atoms with van der Waals surface area (Å²) in [5.41, 5.74) is -5.10. The van der Waals surface area contributed by atoms with Crippen molar-refractivity contribution < 1.29 is 28.7 Å². The molecule has 1 fully saturated rings. The maximum atomic E-state index is 13.3. The highest BCUT2D eigenvalue weighted by Gasteiger charge is 2.43. The van der Waals surface area contributed by atoms with E-state index in [4.69, 9.17) is 4.74 Å². The van der Waals surface area contributed by atoms with Gasteiger partial charge in [-0.05, 0) is 61.0 Å². The number of benzene rings is 1. The minimum atomic E-state index is -1.45. The summed E-state index contributed by atoms with van der Waals surface area (Å²) in [5.74, 6) is -4.07. The van der Waals surface area contributed by atoms with Crippen molar-refractivity contribution in [2.45, 2.75) is 83.5 Å². The summed E-state index contributed by atoms with van der Waals surface area (Å²) < 4.78 is 5.46. The first-order valence-electron chi connectivity index (χ1n) is 11.4. The van der Waals surface area contributed by atoms with Crippen LogP contribution in [-0.2, 0) is 28.7 Å². The minimum Gasteiger partial charge on any atom is -0.463 e. The molecule has 1 heterocycles. The van der Waals surface area contributed by atoms with Gasteiger partial charge in [0.1, 0.15) is 28.8 Å². The van der Waals surface area contributed by atoms with Gasteiger partial charge in [-0.25, -0.2) is 4.79 Å². The van der Waals surface area contributed by atoms with Crippen LogP contribution in [0, 0.1) is 0 Å². The largest absolute Gasteiger partial charge is 0.463 e. The summed E-state index contributed by atoms with van der Waals surface area (Å²) in [6.07, 6.45) is 0. The topological polar surface area (TPSA) is 143 Å². The van der Waals surface area contributed by atoms with Gasteiger partial charge in [0.2, 0.25) is 23.6 Å². The van der Waals surface area contributed by atoms with Crippen LogP contribution in [-0.4, -0.2) is 58.4 Å². The van der Waals surface area contributed by atoms with E-state index in [2.05, 4.69) is 21.3 Å². The first-order chi connectivity index (χ1) is 15.9. The molecular formula is C25H36N4O6. The molecule has 10 heteroatoms. The predicted octanol–water partition coefficient (Wildman–Crippen LogP) is 0.906. The Balaban J connectivity index is 2.51. The second-order valence-electron chi connectivity index (χ2n) is 10.9. The number of amides is 4. The lowest BCUT2D eigenvalue weighted by Crippen LogP contribution is -2.67. The molecule has 1 saturated heterocycles. The Bertz CT molecular complexity index is 1010. The quantitative estimate of drug-likeness (QED) is 0.433. The second kappa shape index (κ2) is 9.67. The highest BCUT2D eigenvalue weighted by Crippen LogP contribution is 2.21. The highest BCUT2D eigenvalue weighted by molar-refractivity contribution is 6.00. The van der Waals surface area contributed by atoms with Crippen LogP contribution in [0.3, 0.4) is 0 Å². The Labute approximate surface area is 205 Å². The Kier molecular flexibility index (Phi) is 7.69. The summed E-state index contributed by atoms with van der Waals surface area (Å²) in [6, 6.07) is 8.70. The van der Waals surface area contributed by atoms with Crippen molar-refractivity contribution in [1.29, 1.82) is 0 Å². The van der Waals surface area contributed by atoms with Crippen molar-refractivity contribution in [3.05, 3.63) is 35.9 Å². The molecule has 1 aromatic rings. The fraction of sp³-hybridized carbons (Fsp3) is 0.560. The fourth-order valence-electron chi connectivity index (χ4n) is 3.28. The summed E-state index contributed by atoms with van der Waals surface area (Å²) in [7, 11) is 0. The van der Waals surface area contributed by atoms with Crippen molar-refractivity contribution in [3.8, 4) is 0 Å². The van der Waals surface area contributed by atoms with Crippen molar-refractivity contribution in [1.82, 2.24) is 21.3 Å². The molecule has 192 valence electrons. The third-order valence-corrected chi connectivity index (χ3v) is 5.83. The molecule has 2 rings (SSSR count). The fourth-order valence-corrected chi connectivity index (χ4v) is 3.28. The third-order valence-electron chi connectivity index (χ3n) is 5.83. The van der Waals surface area contributed by atoms with E-state index >= 15 is 0 Å². The van der Waals surface area contributed by atoms with Crippen LogP contribution in [0.2, 0.25) is 0 Å². The molecule has 1 aliphatic rings. The van der Waals surface area contributed by atoms with E-state index in [0.29, 0.717) is 5.56 Å². The van der Waals surface area contributed by atoms with Crippen molar-refractivity contribution in [2.24, 2.45) is 0 Å². The number of ether oxygens (including phenoxy) is 1. The smallest absolute Gasteiger partial charge is 0.331 e. The molecule has 0 radical (unpaired) electrons. The average Bonchev–Trinajstić information content (AvgIpc) is 2.72. The lowest BCUT2D eigenvalue weighted by atomic mass is 9.93. The molecule has 0 spiro atoms. The van der Waals surface area contributed by atoms with Crippen molar-refractivity contribution in [3.63, 3.8) is 0 Å². The Morgan fingerprint density at radius 2 is 1.03 bits per heavy atom. The molecule has 4 N–H and O–H groups in total. The zero-order valence-electron chi connectivity index (χ0n) is 21.6. The van der Waals surface area contributed by atoms with E-state index in [1.165, 1.54) is 55.4 Å². The van der Waals surface area contributed by atoms with E-state index in [1.807, 2.05) is 0 Å². The van der Waals surface area contributed by atoms with Crippen LogP contribution in [0.5, 0.6) is 0 Å². The van der Waals surface area contributed by atoms with Gasteiger partial charge in [-0.2, -0.15) is 0 Å². The summed E-state index contributed by atoms with van der Waals surface area (Å²) in [6.45, 7) is 11.6. The summed E-state index contributed by atoms with van der Waals surface area (Å²) in [5, 5.41) is 10.6. The third kappa shape index (κ3) is 6.58. The Morgan fingerprint density at radius 1 is 0.629 bits per heavy atom. The number of hydrogen-bond acceptors (Lipinski definition) is 6. The number of carbonyl (C=O) groups is 5. The molecule has 10 nitrogen and oxygen atoms in total. The molecule has 0 aliphatic carbocycles. The van der Waals surface area contributed by atoms with E-state index in [0.717, 1.165) is 0 Å². The number of nitrogens with one attached hydrogen (secondary N) is 4. The molecule has 1 aromatic carbocycles. The summed E-state index contributed by atoms with van der Waals surface area (Å²) >= 11 is 0. The van der Waals surface area contributed by atoms with E-state index in [9.17, 15) is 24.0 Å². The maximum Gasteiger partial charge on any atom is 0.331 e. The molecule has 4 amide bonds. The Morgan fingerprint density at radius 3 is 1.49 bits per heavy atom. The van der Waals surface area contributed by atoms with E-state index in [-0.39, 0.29) is 6.61 Å². The lowest BCUT2D eigenvalue weighted by Gasteiger charge is -2.36. The van der Waals surface area contributed by atoms with Gasteiger partial charge in [-0.15, -0.1) is 0 Å². The van der Waals surface area contributed by atoms with Gasteiger partial charge < -0.3 is 26.0 Å². The zero-order valence-corrected chi connectivity index (χ0v) is 21.6. The number of esters is 1. The monoisotopic (exact) mass is 488 g/mol. The molecular weight excluding hydrogens is 452 g/mol. The predicted molar refractivity (Wildman–Crippen MR) is 129 cm³/mol. The van der Waals surface area contributed by atoms with Crippen LogP contribution >= 0.6 is 0 Å². The van der Waals surface area contributed by atoms with Crippen LogP contribution in [0.25, 0.3) is 0 Å². The van der Waals surface area contributed by atoms with Gasteiger partial charge in [0, 0.05) is 0 Å². The number of cyclic esters (lactones) is 1. The van der Waals surface area contributed by atoms with Gasteiger partial charge in [0.25, 0.3) is 0 Å². The SMILES string of the molecule is CC1(C)NC(=O)[C@H](c2ccccc2)COC(=O)C(C)(C)NC(=O)C(C)(C)NC(=O)C(C)(C)NC1=O. The van der Waals surface area contributed by atoms with Crippen LogP contribution in [0.15, 0.2) is 30.3 Å². The van der Waals surface area contributed by atoms with Gasteiger partial charge >= 0.3 is 5.97 Å². The van der Waals surface area contributed by atoms with Crippen molar-refractivity contribution in [2.75, 3.05) is 6.61 Å². The molecule has 0 aromatic heterocycles. The zero-order chi connectivity index (χ0) is 26.8. The Hall–Kier alpha value is -3.43. The molecule has 0 saturated carbocycles. The lowest BCUT2D eigenvalue weighted by molar-refractivity contribution is -0.154. The van der Waals surface area contributed by atoms with Crippen LogP contribution in [0.4, 0.5) is 0 Å². The van der Waals surface area contributed by atoms with Gasteiger partial charge in [-0.3, -0.25) is 19.2 Å². The second-order valence-corrected chi connectivity index (χ2v) is 10.9. The maximum absolute atomic E-state index is 13.3. The minimum absolute atomic E-state index is 0.308. The standard InChI is InChI=1S/C25H36N4O6/c1-22(2)18(31)27-23(3,4)19(32)28-24(5,6)20(33)29-25(7,8)21(34)35-14-16(17(30)26-22)15-12-10-9-11-13-15/h9-13,16H,14H2,1-8H3,(H,26,30)(H,27,31)(H,28,32)(H,29,33)/t16-/m0/s1. The summed E-state index contributed by atoms with van der Waals surface area (Å²) in [4.78, 5) is 65.2.